The zero-order chi connectivity index (χ0) is 13.1. The smallest absolute Gasteiger partial charge is 0.307 e. The van der Waals surface area contributed by atoms with Crippen molar-refractivity contribution in [3.8, 4) is 11.1 Å². The summed E-state index contributed by atoms with van der Waals surface area (Å²) >= 11 is 0. The van der Waals surface area contributed by atoms with Gasteiger partial charge in [-0.1, -0.05) is 30.3 Å². The minimum Gasteiger partial charge on any atom is -0.481 e. The van der Waals surface area contributed by atoms with Gasteiger partial charge in [-0.05, 0) is 28.8 Å². The average Bonchev–Trinajstić information content (AvgIpc) is 2.32. The average molecular weight is 248 g/mol. The highest BCUT2D eigenvalue weighted by molar-refractivity contribution is 5.72. The van der Waals surface area contributed by atoms with Gasteiger partial charge >= 0.3 is 5.97 Å². The molecular weight excluding hydrogens is 238 g/mol. The Kier molecular flexibility index (Phi) is 3.37. The fourth-order valence-electron chi connectivity index (χ4n) is 1.71. The Bertz CT molecular complexity index is 594. The van der Waals surface area contributed by atoms with Crippen molar-refractivity contribution in [2.45, 2.75) is 6.42 Å². The fraction of sp³-hybridized carbons (Fsp3) is 0.0714. The minimum atomic E-state index is -0.933. The fourth-order valence-corrected chi connectivity index (χ4v) is 1.71. The Morgan fingerprint density at radius 2 is 1.72 bits per heavy atom. The normalized spacial score (nSPS) is 10.3. The molecule has 0 fully saturated rings. The maximum Gasteiger partial charge on any atom is 0.307 e. The van der Waals surface area contributed by atoms with Gasteiger partial charge in [0.05, 0.1) is 6.42 Å². The van der Waals surface area contributed by atoms with Crippen LogP contribution >= 0.6 is 0 Å². The van der Waals surface area contributed by atoms with Crippen molar-refractivity contribution in [2.24, 2.45) is 0 Å². The van der Waals surface area contributed by atoms with Crippen LogP contribution in [0.15, 0.2) is 42.5 Å². The maximum absolute atomic E-state index is 13.1. The van der Waals surface area contributed by atoms with Gasteiger partial charge in [0, 0.05) is 0 Å². The van der Waals surface area contributed by atoms with Crippen molar-refractivity contribution >= 4 is 5.97 Å². The van der Waals surface area contributed by atoms with Gasteiger partial charge in [0.1, 0.15) is 0 Å². The molecule has 2 aromatic rings. The van der Waals surface area contributed by atoms with E-state index in [4.69, 9.17) is 5.11 Å². The van der Waals surface area contributed by atoms with Crippen molar-refractivity contribution in [3.63, 3.8) is 0 Å². The summed E-state index contributed by atoms with van der Waals surface area (Å²) in [6.45, 7) is 0. The molecule has 0 unspecified atom stereocenters. The summed E-state index contributed by atoms with van der Waals surface area (Å²) in [4.78, 5) is 10.6. The third kappa shape index (κ3) is 2.71. The second-order valence-electron chi connectivity index (χ2n) is 3.90. The van der Waals surface area contributed by atoms with E-state index in [1.54, 1.807) is 24.3 Å². The summed E-state index contributed by atoms with van der Waals surface area (Å²) in [5.41, 5.74) is 1.79. The SMILES string of the molecule is O=C(O)Cc1cccc(-c2ccc(F)c(F)c2)c1. The van der Waals surface area contributed by atoms with Crippen molar-refractivity contribution in [1.29, 1.82) is 0 Å². The van der Waals surface area contributed by atoms with Gasteiger partial charge in [-0.25, -0.2) is 8.78 Å². The van der Waals surface area contributed by atoms with E-state index in [0.29, 0.717) is 16.7 Å². The quantitative estimate of drug-likeness (QED) is 0.905. The zero-order valence-corrected chi connectivity index (χ0v) is 9.36. The van der Waals surface area contributed by atoms with Crippen LogP contribution in [0.25, 0.3) is 11.1 Å². The molecule has 2 aromatic carbocycles. The summed E-state index contributed by atoms with van der Waals surface area (Å²) in [5.74, 6) is -2.76. The van der Waals surface area contributed by atoms with Crippen molar-refractivity contribution in [2.75, 3.05) is 0 Å². The van der Waals surface area contributed by atoms with Crippen LogP contribution < -0.4 is 0 Å². The lowest BCUT2D eigenvalue weighted by atomic mass is 10.0. The Balaban J connectivity index is 2.38. The topological polar surface area (TPSA) is 37.3 Å². The molecule has 2 nitrogen and oxygen atoms in total. The van der Waals surface area contributed by atoms with Crippen LogP contribution in [0.4, 0.5) is 8.78 Å². The van der Waals surface area contributed by atoms with E-state index in [1.807, 2.05) is 0 Å². The van der Waals surface area contributed by atoms with Crippen LogP contribution in [0.5, 0.6) is 0 Å². The predicted octanol–water partition coefficient (Wildman–Crippen LogP) is 3.26. The monoisotopic (exact) mass is 248 g/mol. The molecule has 0 aromatic heterocycles. The summed E-state index contributed by atoms with van der Waals surface area (Å²) in [5, 5.41) is 8.70. The largest absolute Gasteiger partial charge is 0.481 e. The number of carboxylic acids is 1. The molecule has 0 saturated heterocycles. The molecular formula is C14H10F2O2. The molecule has 1 N–H and O–H groups in total. The number of carbonyl (C=O) groups is 1. The first-order valence-corrected chi connectivity index (χ1v) is 5.32. The van der Waals surface area contributed by atoms with Gasteiger partial charge in [0.15, 0.2) is 11.6 Å². The van der Waals surface area contributed by atoms with E-state index in [1.165, 1.54) is 6.07 Å². The van der Waals surface area contributed by atoms with Crippen molar-refractivity contribution < 1.29 is 18.7 Å². The van der Waals surface area contributed by atoms with E-state index in [-0.39, 0.29) is 6.42 Å². The molecule has 2 rings (SSSR count). The summed E-state index contributed by atoms with van der Waals surface area (Å²) < 4.78 is 25.9. The highest BCUT2D eigenvalue weighted by Crippen LogP contribution is 2.22. The highest BCUT2D eigenvalue weighted by atomic mass is 19.2. The lowest BCUT2D eigenvalue weighted by molar-refractivity contribution is -0.136. The summed E-state index contributed by atoms with van der Waals surface area (Å²) in [6.07, 6.45) is -0.0997. The Morgan fingerprint density at radius 1 is 1.00 bits per heavy atom. The van der Waals surface area contributed by atoms with Crippen LogP contribution in [0.2, 0.25) is 0 Å². The van der Waals surface area contributed by atoms with E-state index in [2.05, 4.69) is 0 Å². The van der Waals surface area contributed by atoms with E-state index < -0.39 is 17.6 Å². The minimum absolute atomic E-state index is 0.0997. The van der Waals surface area contributed by atoms with Crippen LogP contribution in [0.3, 0.4) is 0 Å². The number of rotatable bonds is 3. The molecule has 18 heavy (non-hydrogen) atoms. The van der Waals surface area contributed by atoms with Crippen molar-refractivity contribution in [1.82, 2.24) is 0 Å². The molecule has 4 heteroatoms. The van der Waals surface area contributed by atoms with Gasteiger partial charge < -0.3 is 5.11 Å². The van der Waals surface area contributed by atoms with E-state index >= 15 is 0 Å². The first-order chi connectivity index (χ1) is 8.56. The molecule has 92 valence electrons. The van der Waals surface area contributed by atoms with Crippen LogP contribution in [-0.2, 0) is 11.2 Å². The highest BCUT2D eigenvalue weighted by Gasteiger charge is 2.06. The van der Waals surface area contributed by atoms with Gasteiger partial charge in [0.25, 0.3) is 0 Å². The summed E-state index contributed by atoms with van der Waals surface area (Å²) in [6, 6.07) is 10.3. The van der Waals surface area contributed by atoms with Crippen LogP contribution in [-0.4, -0.2) is 11.1 Å². The Morgan fingerprint density at radius 3 is 2.39 bits per heavy atom. The maximum atomic E-state index is 13.1. The molecule has 0 spiro atoms. The second-order valence-corrected chi connectivity index (χ2v) is 3.90. The van der Waals surface area contributed by atoms with Gasteiger partial charge in [0.2, 0.25) is 0 Å². The van der Waals surface area contributed by atoms with Gasteiger partial charge in [-0.3, -0.25) is 4.79 Å². The molecule has 0 bridgehead atoms. The first kappa shape index (κ1) is 12.2. The zero-order valence-electron chi connectivity index (χ0n) is 9.36. The third-order valence-corrected chi connectivity index (χ3v) is 2.54. The Labute approximate surface area is 103 Å². The lowest BCUT2D eigenvalue weighted by Gasteiger charge is -2.04. The Hall–Kier alpha value is -2.23. The molecule has 0 aliphatic carbocycles. The summed E-state index contributed by atoms with van der Waals surface area (Å²) in [7, 11) is 0. The molecule has 0 aliphatic rings. The number of hydrogen-bond acceptors (Lipinski definition) is 1. The molecule has 0 radical (unpaired) electrons. The standard InChI is InChI=1S/C14H10F2O2/c15-12-5-4-11(8-13(12)16)10-3-1-2-9(6-10)7-14(17)18/h1-6,8H,7H2,(H,17,18). The number of benzene rings is 2. The molecule has 0 aliphatic heterocycles. The molecule has 0 amide bonds. The lowest BCUT2D eigenvalue weighted by Crippen LogP contribution is -1.99. The van der Waals surface area contributed by atoms with Crippen LogP contribution in [0.1, 0.15) is 5.56 Å². The molecule has 0 atom stereocenters. The number of carboxylic acid groups (broad SMARTS) is 1. The third-order valence-electron chi connectivity index (χ3n) is 2.54. The van der Waals surface area contributed by atoms with E-state index in [9.17, 15) is 13.6 Å². The van der Waals surface area contributed by atoms with Gasteiger partial charge in [-0.2, -0.15) is 0 Å². The van der Waals surface area contributed by atoms with Crippen LogP contribution in [0, 0.1) is 11.6 Å². The molecule has 0 saturated carbocycles. The number of hydrogen-bond donors (Lipinski definition) is 1. The number of aliphatic carboxylic acids is 1. The molecule has 0 heterocycles. The number of halogens is 2. The second kappa shape index (κ2) is 4.96. The van der Waals surface area contributed by atoms with Crippen molar-refractivity contribution in [3.05, 3.63) is 59.7 Å². The first-order valence-electron chi connectivity index (χ1n) is 5.32. The van der Waals surface area contributed by atoms with Gasteiger partial charge in [-0.15, -0.1) is 0 Å². The van der Waals surface area contributed by atoms with E-state index in [0.717, 1.165) is 12.1 Å². The predicted molar refractivity (Wildman–Crippen MR) is 63.1 cm³/mol.